The number of rotatable bonds is 8. The average Bonchev–Trinajstić information content (AvgIpc) is 2.65. The van der Waals surface area contributed by atoms with Gasteiger partial charge in [0.2, 0.25) is 0 Å². The van der Waals surface area contributed by atoms with Crippen LogP contribution in [0.3, 0.4) is 0 Å². The van der Waals surface area contributed by atoms with Crippen LogP contribution in [0, 0.1) is 6.92 Å². The Kier molecular flexibility index (Phi) is 7.12. The zero-order valence-corrected chi connectivity index (χ0v) is 16.5. The fourth-order valence-corrected chi connectivity index (χ4v) is 2.96. The van der Waals surface area contributed by atoms with Crippen LogP contribution in [0.15, 0.2) is 18.2 Å². The second kappa shape index (κ2) is 9.10. The molecule has 5 nitrogen and oxygen atoms in total. The van der Waals surface area contributed by atoms with Gasteiger partial charge in [0.15, 0.2) is 0 Å². The van der Waals surface area contributed by atoms with E-state index in [2.05, 4.69) is 32.7 Å². The average molecular weight is 357 g/mol. The van der Waals surface area contributed by atoms with Gasteiger partial charge < -0.3 is 15.6 Å². The molecule has 2 heterocycles. The molecular weight excluding hydrogens is 326 g/mol. The van der Waals surface area contributed by atoms with Crippen LogP contribution >= 0.6 is 0 Å². The monoisotopic (exact) mass is 357 g/mol. The molecule has 142 valence electrons. The number of aromatic nitrogens is 2. The number of aliphatic hydroxyl groups is 1. The van der Waals surface area contributed by atoms with Crippen molar-refractivity contribution >= 4 is 0 Å². The SMILES string of the molecule is CCC(CC)Oc1cc(C)c(-c2ccc(C(C)C)nc2CO)nc1CN. The van der Waals surface area contributed by atoms with E-state index in [0.717, 1.165) is 46.8 Å². The molecule has 0 saturated carbocycles. The molecule has 0 fully saturated rings. The van der Waals surface area contributed by atoms with E-state index in [1.807, 2.05) is 25.1 Å². The van der Waals surface area contributed by atoms with Crippen molar-refractivity contribution in [2.45, 2.75) is 72.6 Å². The van der Waals surface area contributed by atoms with Gasteiger partial charge in [-0.2, -0.15) is 0 Å². The summed E-state index contributed by atoms with van der Waals surface area (Å²) >= 11 is 0. The van der Waals surface area contributed by atoms with Crippen LogP contribution in [0.2, 0.25) is 0 Å². The van der Waals surface area contributed by atoms with E-state index in [9.17, 15) is 5.11 Å². The lowest BCUT2D eigenvalue weighted by atomic mass is 10.0. The van der Waals surface area contributed by atoms with Crippen molar-refractivity contribution in [2.24, 2.45) is 5.73 Å². The van der Waals surface area contributed by atoms with E-state index < -0.39 is 0 Å². The first-order valence-corrected chi connectivity index (χ1v) is 9.43. The van der Waals surface area contributed by atoms with Gasteiger partial charge in [-0.3, -0.25) is 4.98 Å². The molecule has 3 N–H and O–H groups in total. The van der Waals surface area contributed by atoms with E-state index in [4.69, 9.17) is 15.5 Å². The van der Waals surface area contributed by atoms with E-state index in [1.54, 1.807) is 0 Å². The van der Waals surface area contributed by atoms with Gasteiger partial charge in [-0.15, -0.1) is 0 Å². The molecule has 0 aliphatic carbocycles. The Labute approximate surface area is 156 Å². The van der Waals surface area contributed by atoms with E-state index >= 15 is 0 Å². The minimum atomic E-state index is -0.124. The van der Waals surface area contributed by atoms with Crippen LogP contribution in [0.4, 0.5) is 0 Å². The van der Waals surface area contributed by atoms with Crippen molar-refractivity contribution in [2.75, 3.05) is 0 Å². The molecule has 2 aromatic heterocycles. The third-order valence-corrected chi connectivity index (χ3v) is 4.64. The Balaban J connectivity index is 2.51. The Morgan fingerprint density at radius 2 is 1.81 bits per heavy atom. The van der Waals surface area contributed by atoms with Crippen molar-refractivity contribution < 1.29 is 9.84 Å². The lowest BCUT2D eigenvalue weighted by molar-refractivity contribution is 0.190. The second-order valence-electron chi connectivity index (χ2n) is 6.90. The number of pyridine rings is 2. The van der Waals surface area contributed by atoms with Crippen molar-refractivity contribution in [1.82, 2.24) is 9.97 Å². The maximum absolute atomic E-state index is 9.80. The Morgan fingerprint density at radius 1 is 1.12 bits per heavy atom. The van der Waals surface area contributed by atoms with Crippen LogP contribution in [0.25, 0.3) is 11.3 Å². The molecule has 5 heteroatoms. The minimum Gasteiger partial charge on any atom is -0.488 e. The number of ether oxygens (including phenoxy) is 1. The molecule has 0 unspecified atom stereocenters. The van der Waals surface area contributed by atoms with E-state index in [1.165, 1.54) is 0 Å². The number of hydrogen-bond acceptors (Lipinski definition) is 5. The predicted octanol–water partition coefficient (Wildman–Crippen LogP) is 4.09. The third kappa shape index (κ3) is 4.40. The van der Waals surface area contributed by atoms with E-state index in [-0.39, 0.29) is 12.7 Å². The van der Waals surface area contributed by atoms with Gasteiger partial charge in [-0.1, -0.05) is 27.7 Å². The molecule has 0 aliphatic heterocycles. The molecular formula is C21H31N3O2. The maximum Gasteiger partial charge on any atom is 0.142 e. The molecule has 0 radical (unpaired) electrons. The highest BCUT2D eigenvalue weighted by atomic mass is 16.5. The van der Waals surface area contributed by atoms with E-state index in [0.29, 0.717) is 18.2 Å². The highest BCUT2D eigenvalue weighted by Gasteiger charge is 2.17. The van der Waals surface area contributed by atoms with Gasteiger partial charge in [-0.25, -0.2) is 4.98 Å². The summed E-state index contributed by atoms with van der Waals surface area (Å²) in [5.74, 6) is 1.05. The molecule has 0 amide bonds. The summed E-state index contributed by atoms with van der Waals surface area (Å²) in [6.45, 7) is 10.6. The first-order valence-electron chi connectivity index (χ1n) is 9.43. The number of nitrogens with zero attached hydrogens (tertiary/aromatic N) is 2. The zero-order valence-electron chi connectivity index (χ0n) is 16.5. The molecule has 26 heavy (non-hydrogen) atoms. The molecule has 0 aromatic carbocycles. The van der Waals surface area contributed by atoms with Crippen molar-refractivity contribution in [3.8, 4) is 17.0 Å². The lowest BCUT2D eigenvalue weighted by Crippen LogP contribution is -2.16. The molecule has 2 rings (SSSR count). The highest BCUT2D eigenvalue weighted by molar-refractivity contribution is 5.67. The van der Waals surface area contributed by atoms with Crippen molar-refractivity contribution in [1.29, 1.82) is 0 Å². The number of nitrogens with two attached hydrogens (primary N) is 1. The first-order chi connectivity index (χ1) is 12.4. The molecule has 0 atom stereocenters. The van der Waals surface area contributed by atoms with Gasteiger partial charge in [0.25, 0.3) is 0 Å². The van der Waals surface area contributed by atoms with Gasteiger partial charge in [0, 0.05) is 17.8 Å². The number of aryl methyl sites for hydroxylation is 1. The molecule has 2 aromatic rings. The summed E-state index contributed by atoms with van der Waals surface area (Å²) in [6, 6.07) is 5.99. The van der Waals surface area contributed by atoms with Gasteiger partial charge in [0.1, 0.15) is 5.75 Å². The van der Waals surface area contributed by atoms with Gasteiger partial charge >= 0.3 is 0 Å². The first kappa shape index (κ1) is 20.3. The van der Waals surface area contributed by atoms with Gasteiger partial charge in [0.05, 0.1) is 29.8 Å². The van der Waals surface area contributed by atoms with Crippen LogP contribution in [0.1, 0.15) is 69.1 Å². The summed E-state index contributed by atoms with van der Waals surface area (Å²) in [7, 11) is 0. The van der Waals surface area contributed by atoms with Crippen molar-refractivity contribution in [3.63, 3.8) is 0 Å². The normalized spacial score (nSPS) is 11.4. The summed E-state index contributed by atoms with van der Waals surface area (Å²) in [4.78, 5) is 9.37. The Hall–Kier alpha value is -1.98. The standard InChI is InChI=1S/C21H31N3O2/c1-6-15(7-2)26-20-10-14(5)21(24-18(20)11-22)16-8-9-17(13(3)4)23-19(16)12-25/h8-10,13,15,25H,6-7,11-12,22H2,1-5H3. The fourth-order valence-electron chi connectivity index (χ4n) is 2.96. The highest BCUT2D eigenvalue weighted by Crippen LogP contribution is 2.31. The largest absolute Gasteiger partial charge is 0.488 e. The number of hydrogen-bond donors (Lipinski definition) is 2. The third-order valence-electron chi connectivity index (χ3n) is 4.64. The smallest absolute Gasteiger partial charge is 0.142 e. The van der Waals surface area contributed by atoms with Crippen molar-refractivity contribution in [3.05, 3.63) is 40.8 Å². The van der Waals surface area contributed by atoms with Crippen LogP contribution in [-0.4, -0.2) is 21.2 Å². The topological polar surface area (TPSA) is 81.3 Å². The molecule has 0 aliphatic rings. The maximum atomic E-state index is 9.80. The zero-order chi connectivity index (χ0) is 19.3. The second-order valence-corrected chi connectivity index (χ2v) is 6.90. The lowest BCUT2D eigenvalue weighted by Gasteiger charge is -2.20. The van der Waals surface area contributed by atoms with Crippen LogP contribution < -0.4 is 10.5 Å². The fraction of sp³-hybridized carbons (Fsp3) is 0.524. The quantitative estimate of drug-likeness (QED) is 0.743. The van der Waals surface area contributed by atoms with Gasteiger partial charge in [-0.05, 0) is 49.4 Å². The summed E-state index contributed by atoms with van der Waals surface area (Å²) in [5, 5.41) is 9.80. The predicted molar refractivity (Wildman–Crippen MR) is 105 cm³/mol. The Bertz CT molecular complexity index is 740. The molecule has 0 bridgehead atoms. The summed E-state index contributed by atoms with van der Waals surface area (Å²) in [6.07, 6.45) is 2.04. The van der Waals surface area contributed by atoms with Crippen LogP contribution in [0.5, 0.6) is 5.75 Å². The summed E-state index contributed by atoms with van der Waals surface area (Å²) in [5.41, 5.74) is 10.9. The molecule has 0 spiro atoms. The summed E-state index contributed by atoms with van der Waals surface area (Å²) < 4.78 is 6.11. The van der Waals surface area contributed by atoms with Crippen LogP contribution in [-0.2, 0) is 13.2 Å². The Morgan fingerprint density at radius 3 is 2.35 bits per heavy atom. The minimum absolute atomic E-state index is 0.124. The molecule has 0 saturated heterocycles. The number of aliphatic hydroxyl groups excluding tert-OH is 1.